The molecule has 2 aliphatic heterocycles. The Morgan fingerprint density at radius 1 is 1.12 bits per heavy atom. The zero-order chi connectivity index (χ0) is 27.9. The van der Waals surface area contributed by atoms with Crippen LogP contribution in [0.25, 0.3) is 22.2 Å². The lowest BCUT2D eigenvalue weighted by molar-refractivity contribution is 0.227. The van der Waals surface area contributed by atoms with Gasteiger partial charge in [0.05, 0.1) is 21.1 Å². The summed E-state index contributed by atoms with van der Waals surface area (Å²) in [5.41, 5.74) is 2.62. The molecule has 5 heterocycles. The van der Waals surface area contributed by atoms with Crippen LogP contribution >= 0.6 is 23.2 Å². The van der Waals surface area contributed by atoms with E-state index >= 15 is 4.39 Å². The maximum absolute atomic E-state index is 15.3. The number of hydrogen-bond acceptors (Lipinski definition) is 7. The highest BCUT2D eigenvalue weighted by molar-refractivity contribution is 6.35. The average Bonchev–Trinajstić information content (AvgIpc) is 3.57. The summed E-state index contributed by atoms with van der Waals surface area (Å²) in [5.74, 6) is 0.607. The molecule has 0 radical (unpaired) electrons. The zero-order valence-electron chi connectivity index (χ0n) is 22.6. The van der Waals surface area contributed by atoms with E-state index in [0.717, 1.165) is 24.0 Å². The first-order chi connectivity index (χ1) is 19.3. The molecule has 0 aliphatic carbocycles. The third-order valence-corrected chi connectivity index (χ3v) is 8.40. The van der Waals surface area contributed by atoms with E-state index in [4.69, 9.17) is 27.9 Å². The van der Waals surface area contributed by atoms with Gasteiger partial charge in [0.25, 0.3) is 0 Å². The van der Waals surface area contributed by atoms with Gasteiger partial charge in [0, 0.05) is 61.3 Å². The van der Waals surface area contributed by atoms with Gasteiger partial charge in [0.15, 0.2) is 11.6 Å². The Hall–Kier alpha value is -2.98. The van der Waals surface area contributed by atoms with Gasteiger partial charge in [-0.1, -0.05) is 23.2 Å². The maximum atomic E-state index is 15.3. The number of ether oxygens (including phenoxy) is 1. The van der Waals surface area contributed by atoms with Crippen molar-refractivity contribution in [2.24, 2.45) is 0 Å². The normalized spacial score (nSPS) is 17.8. The maximum Gasteiger partial charge on any atom is 0.166 e. The first-order valence-corrected chi connectivity index (χ1v) is 14.4. The molecule has 2 N–H and O–H groups in total. The number of aromatic nitrogens is 4. The molecule has 11 heteroatoms. The fourth-order valence-electron chi connectivity index (χ4n) is 5.73. The van der Waals surface area contributed by atoms with Crippen LogP contribution in [0, 0.1) is 5.82 Å². The Morgan fingerprint density at radius 2 is 1.88 bits per heavy atom. The molecule has 0 amide bonds. The lowest BCUT2D eigenvalue weighted by Gasteiger charge is -2.49. The van der Waals surface area contributed by atoms with E-state index in [9.17, 15) is 0 Å². The third kappa shape index (κ3) is 5.48. The topological polar surface area (TPSA) is 82.2 Å². The van der Waals surface area contributed by atoms with Gasteiger partial charge in [-0.15, -0.1) is 0 Å². The van der Waals surface area contributed by atoms with Crippen molar-refractivity contribution in [3.05, 3.63) is 64.3 Å². The Bertz CT molecular complexity index is 1500. The summed E-state index contributed by atoms with van der Waals surface area (Å²) in [6.45, 7) is 9.88. The largest absolute Gasteiger partial charge is 0.486 e. The predicted molar refractivity (Wildman–Crippen MR) is 157 cm³/mol. The van der Waals surface area contributed by atoms with Crippen LogP contribution in [0.4, 0.5) is 10.2 Å². The van der Waals surface area contributed by atoms with Crippen LogP contribution in [0.2, 0.25) is 10.0 Å². The molecule has 2 aliphatic rings. The lowest BCUT2D eigenvalue weighted by Crippen LogP contribution is -2.68. The van der Waals surface area contributed by atoms with Crippen molar-refractivity contribution in [2.45, 2.75) is 38.3 Å². The van der Waals surface area contributed by atoms with E-state index in [2.05, 4.69) is 37.3 Å². The van der Waals surface area contributed by atoms with Crippen molar-refractivity contribution in [1.82, 2.24) is 30.4 Å². The van der Waals surface area contributed by atoms with Crippen LogP contribution in [0.15, 0.2) is 42.9 Å². The number of anilines is 1. The summed E-state index contributed by atoms with van der Waals surface area (Å²) < 4.78 is 21.5. The molecule has 0 saturated carbocycles. The number of hydrogen-bond donors (Lipinski definition) is 2. The van der Waals surface area contributed by atoms with Gasteiger partial charge in [-0.3, -0.25) is 10.1 Å². The van der Waals surface area contributed by atoms with Gasteiger partial charge in [-0.2, -0.15) is 5.10 Å². The molecule has 1 aromatic carbocycles. The van der Waals surface area contributed by atoms with Crippen LogP contribution in [0.3, 0.4) is 0 Å². The molecule has 0 spiro atoms. The zero-order valence-corrected chi connectivity index (χ0v) is 24.1. The fraction of sp³-hybridized carbons (Fsp3) is 0.414. The molecular weight excluding hydrogens is 552 g/mol. The van der Waals surface area contributed by atoms with E-state index in [0.29, 0.717) is 51.5 Å². The predicted octanol–water partition coefficient (Wildman–Crippen LogP) is 5.87. The minimum atomic E-state index is -0.411. The molecule has 8 nitrogen and oxygen atoms in total. The van der Waals surface area contributed by atoms with Crippen molar-refractivity contribution in [2.75, 3.05) is 44.2 Å². The average molecular weight is 585 g/mol. The van der Waals surface area contributed by atoms with Gasteiger partial charge in [0.1, 0.15) is 17.5 Å². The summed E-state index contributed by atoms with van der Waals surface area (Å²) in [6.07, 6.45) is 6.94. The Labute approximate surface area is 242 Å². The molecule has 2 saturated heterocycles. The number of nitrogens with one attached hydrogen (secondary N) is 2. The number of H-pyrrole nitrogens is 1. The van der Waals surface area contributed by atoms with Crippen molar-refractivity contribution < 1.29 is 9.13 Å². The Balaban J connectivity index is 1.14. The highest BCUT2D eigenvalue weighted by Crippen LogP contribution is 2.36. The van der Waals surface area contributed by atoms with E-state index in [-0.39, 0.29) is 11.4 Å². The molecule has 1 unspecified atom stereocenters. The van der Waals surface area contributed by atoms with Crippen LogP contribution in [0.5, 0.6) is 5.75 Å². The highest BCUT2D eigenvalue weighted by Gasteiger charge is 2.40. The summed E-state index contributed by atoms with van der Waals surface area (Å²) in [5, 5.41) is 12.8. The van der Waals surface area contributed by atoms with Gasteiger partial charge in [0.2, 0.25) is 0 Å². The number of halogens is 3. The second-order valence-corrected chi connectivity index (χ2v) is 11.8. The van der Waals surface area contributed by atoms with E-state index < -0.39 is 6.10 Å². The smallest absolute Gasteiger partial charge is 0.166 e. The molecule has 6 rings (SSSR count). The van der Waals surface area contributed by atoms with Crippen LogP contribution < -0.4 is 15.0 Å². The van der Waals surface area contributed by atoms with Crippen molar-refractivity contribution in [1.29, 1.82) is 0 Å². The molecule has 3 aromatic heterocycles. The number of likely N-dealkylation sites (tertiary alicyclic amines) is 1. The molecule has 2 fully saturated rings. The van der Waals surface area contributed by atoms with Gasteiger partial charge in [-0.05, 0) is 64.0 Å². The summed E-state index contributed by atoms with van der Waals surface area (Å²) in [6, 6.07) is 7.08. The first-order valence-electron chi connectivity index (χ1n) is 13.6. The second kappa shape index (κ2) is 11.1. The quantitative estimate of drug-likeness (QED) is 0.255. The first kappa shape index (κ1) is 27.2. The number of rotatable bonds is 9. The highest BCUT2D eigenvalue weighted by atomic mass is 35.5. The molecule has 1 atom stereocenters. The number of benzene rings is 1. The fourth-order valence-corrected chi connectivity index (χ4v) is 6.40. The SMILES string of the molecule is CC(Oc1ccc2[nH]nc(-c3cnc(N4CC(C)(NCCN5CCCC5)C4)c(F)c3)c2c1)c1c(Cl)cncc1Cl. The minimum Gasteiger partial charge on any atom is -0.486 e. The molecular formula is C29H32Cl2FN7O. The van der Waals surface area contributed by atoms with Crippen LogP contribution in [-0.4, -0.2) is 69.9 Å². The molecule has 210 valence electrons. The summed E-state index contributed by atoms with van der Waals surface area (Å²) in [7, 11) is 0. The second-order valence-electron chi connectivity index (χ2n) is 11.0. The van der Waals surface area contributed by atoms with Gasteiger partial charge in [-0.25, -0.2) is 9.37 Å². The van der Waals surface area contributed by atoms with E-state index in [1.54, 1.807) is 6.20 Å². The van der Waals surface area contributed by atoms with E-state index in [1.165, 1.54) is 44.4 Å². The molecule has 0 bridgehead atoms. The van der Waals surface area contributed by atoms with Crippen molar-refractivity contribution in [3.8, 4) is 17.0 Å². The number of nitrogens with zero attached hydrogens (tertiary/aromatic N) is 5. The number of aromatic amines is 1. The van der Waals surface area contributed by atoms with Gasteiger partial charge >= 0.3 is 0 Å². The molecule has 4 aromatic rings. The Morgan fingerprint density at radius 3 is 2.60 bits per heavy atom. The van der Waals surface area contributed by atoms with Crippen LogP contribution in [-0.2, 0) is 0 Å². The molecule has 40 heavy (non-hydrogen) atoms. The van der Waals surface area contributed by atoms with Crippen molar-refractivity contribution >= 4 is 39.9 Å². The van der Waals surface area contributed by atoms with E-state index in [1.807, 2.05) is 30.0 Å². The van der Waals surface area contributed by atoms with Crippen molar-refractivity contribution in [3.63, 3.8) is 0 Å². The van der Waals surface area contributed by atoms with Crippen LogP contribution in [0.1, 0.15) is 38.4 Å². The number of pyridine rings is 2. The summed E-state index contributed by atoms with van der Waals surface area (Å²) in [4.78, 5) is 13.0. The monoisotopic (exact) mass is 583 g/mol. The van der Waals surface area contributed by atoms with Gasteiger partial charge < -0.3 is 19.9 Å². The standard InChI is InChI=1S/C29H32Cl2FN7O/c1-18(26-22(30)14-33-15-23(26)31)40-20-5-6-25-21(12-20)27(37-36-25)19-11-24(32)28(34-13-19)39-16-29(2,17-39)35-7-10-38-8-3-4-9-38/h5-6,11-15,18,35H,3-4,7-10,16-17H2,1-2H3,(H,36,37). The summed E-state index contributed by atoms with van der Waals surface area (Å²) >= 11 is 12.6. The minimum absolute atomic E-state index is 0.0385. The number of fused-ring (bicyclic) bond motifs is 1. The Kier molecular flexibility index (Phi) is 7.56. The third-order valence-electron chi connectivity index (χ3n) is 7.80. The lowest BCUT2D eigenvalue weighted by atomic mass is 9.92.